The average molecular weight is 513 g/mol. The summed E-state index contributed by atoms with van der Waals surface area (Å²) in [7, 11) is 1.53. The summed E-state index contributed by atoms with van der Waals surface area (Å²) in [4.78, 5) is 35.9. The third-order valence-corrected chi connectivity index (χ3v) is 6.31. The van der Waals surface area contributed by atoms with Crippen LogP contribution in [0.25, 0.3) is 11.2 Å². The lowest BCUT2D eigenvalue weighted by Gasteiger charge is -2.35. The van der Waals surface area contributed by atoms with Crippen LogP contribution in [-0.2, 0) is 13.6 Å². The topological polar surface area (TPSA) is 129 Å². The number of nitrogens with one attached hydrogen (secondary N) is 1. The summed E-state index contributed by atoms with van der Waals surface area (Å²) in [5.41, 5.74) is -0.721. The fourth-order valence-corrected chi connectivity index (χ4v) is 4.46. The first-order chi connectivity index (χ1) is 16.3. The van der Waals surface area contributed by atoms with Crippen molar-refractivity contribution in [2.24, 2.45) is 7.05 Å². The molecule has 34 heavy (non-hydrogen) atoms. The SMILES string of the molecule is Cn1c(=O)[nH]c(=O)c2c1nc(N1CCN(CCO)CC1)n2C[C@@H](O)COc1ccc(Cl)cc1Cl. The van der Waals surface area contributed by atoms with Gasteiger partial charge in [-0.1, -0.05) is 23.2 Å². The third kappa shape index (κ3) is 5.08. The maximum absolute atomic E-state index is 12.7. The molecule has 0 amide bonds. The van der Waals surface area contributed by atoms with E-state index < -0.39 is 17.4 Å². The lowest BCUT2D eigenvalue weighted by atomic mass is 10.3. The molecular weight excluding hydrogens is 487 g/mol. The number of anilines is 1. The van der Waals surface area contributed by atoms with Gasteiger partial charge in [0.15, 0.2) is 11.2 Å². The molecule has 0 bridgehead atoms. The summed E-state index contributed by atoms with van der Waals surface area (Å²) >= 11 is 12.0. The predicted molar refractivity (Wildman–Crippen MR) is 129 cm³/mol. The number of rotatable bonds is 8. The Kier molecular flexibility index (Phi) is 7.48. The van der Waals surface area contributed by atoms with E-state index >= 15 is 0 Å². The number of hydrogen-bond acceptors (Lipinski definition) is 8. The molecule has 1 atom stereocenters. The number of imidazole rings is 1. The average Bonchev–Trinajstić information content (AvgIpc) is 3.17. The summed E-state index contributed by atoms with van der Waals surface area (Å²) in [5, 5.41) is 20.7. The Morgan fingerprint density at radius 1 is 1.21 bits per heavy atom. The van der Waals surface area contributed by atoms with Gasteiger partial charge in [-0.05, 0) is 18.2 Å². The summed E-state index contributed by atoms with van der Waals surface area (Å²) in [6.07, 6.45) is -1.00. The molecule has 0 aliphatic carbocycles. The van der Waals surface area contributed by atoms with E-state index in [1.54, 1.807) is 22.8 Å². The highest BCUT2D eigenvalue weighted by Crippen LogP contribution is 2.28. The Morgan fingerprint density at radius 2 is 1.94 bits per heavy atom. The van der Waals surface area contributed by atoms with Gasteiger partial charge in [0.25, 0.3) is 5.56 Å². The molecule has 13 heteroatoms. The smallest absolute Gasteiger partial charge is 0.329 e. The second-order valence-corrected chi connectivity index (χ2v) is 8.95. The minimum absolute atomic E-state index is 0.00911. The minimum atomic E-state index is -1.00. The molecule has 1 aliphatic rings. The first kappa shape index (κ1) is 24.6. The van der Waals surface area contributed by atoms with Crippen molar-refractivity contribution in [3.63, 3.8) is 0 Å². The Labute approximate surface area is 204 Å². The van der Waals surface area contributed by atoms with E-state index in [1.807, 2.05) is 4.90 Å². The van der Waals surface area contributed by atoms with Crippen LogP contribution in [0.3, 0.4) is 0 Å². The van der Waals surface area contributed by atoms with Crippen molar-refractivity contribution in [2.75, 3.05) is 50.8 Å². The van der Waals surface area contributed by atoms with Gasteiger partial charge in [-0.15, -0.1) is 0 Å². The minimum Gasteiger partial charge on any atom is -0.489 e. The van der Waals surface area contributed by atoms with E-state index in [0.29, 0.717) is 54.5 Å². The second kappa shape index (κ2) is 10.4. The first-order valence-corrected chi connectivity index (χ1v) is 11.6. The van der Waals surface area contributed by atoms with E-state index in [-0.39, 0.29) is 30.9 Å². The Bertz CT molecular complexity index is 1280. The highest BCUT2D eigenvalue weighted by molar-refractivity contribution is 6.35. The summed E-state index contributed by atoms with van der Waals surface area (Å²) in [6, 6.07) is 4.79. The molecular formula is C21H26Cl2N6O5. The van der Waals surface area contributed by atoms with Crippen LogP contribution in [0.15, 0.2) is 27.8 Å². The van der Waals surface area contributed by atoms with Crippen molar-refractivity contribution in [3.05, 3.63) is 49.1 Å². The molecule has 3 N–H and O–H groups in total. The van der Waals surface area contributed by atoms with E-state index in [9.17, 15) is 19.8 Å². The van der Waals surface area contributed by atoms with Crippen LogP contribution in [0.2, 0.25) is 10.0 Å². The highest BCUT2D eigenvalue weighted by atomic mass is 35.5. The van der Waals surface area contributed by atoms with Crippen LogP contribution in [0.5, 0.6) is 5.75 Å². The number of ether oxygens (including phenoxy) is 1. The van der Waals surface area contributed by atoms with Gasteiger partial charge in [-0.3, -0.25) is 19.2 Å². The number of aromatic amines is 1. The normalized spacial score (nSPS) is 15.7. The number of hydrogen-bond donors (Lipinski definition) is 3. The van der Waals surface area contributed by atoms with Gasteiger partial charge in [-0.25, -0.2) is 4.79 Å². The number of fused-ring (bicyclic) bond motifs is 1. The van der Waals surface area contributed by atoms with E-state index in [2.05, 4.69) is 14.9 Å². The molecule has 1 aromatic carbocycles. The number of β-amino-alcohol motifs (C(OH)–C–C–N with tert-alkyl or cyclic N) is 1. The lowest BCUT2D eigenvalue weighted by Crippen LogP contribution is -2.48. The quantitative estimate of drug-likeness (QED) is 0.392. The van der Waals surface area contributed by atoms with Crippen molar-refractivity contribution in [3.8, 4) is 5.75 Å². The molecule has 0 spiro atoms. The maximum atomic E-state index is 12.7. The molecule has 3 aromatic rings. The van der Waals surface area contributed by atoms with Gasteiger partial charge >= 0.3 is 5.69 Å². The molecule has 2 aromatic heterocycles. The van der Waals surface area contributed by atoms with Crippen molar-refractivity contribution in [1.82, 2.24) is 24.0 Å². The number of aliphatic hydroxyl groups is 2. The molecule has 1 aliphatic heterocycles. The third-order valence-electron chi connectivity index (χ3n) is 5.78. The van der Waals surface area contributed by atoms with Crippen LogP contribution in [-0.4, -0.2) is 86.3 Å². The number of benzene rings is 1. The maximum Gasteiger partial charge on any atom is 0.329 e. The van der Waals surface area contributed by atoms with Crippen LogP contribution in [0, 0.1) is 0 Å². The molecule has 0 saturated carbocycles. The zero-order chi connectivity index (χ0) is 24.4. The summed E-state index contributed by atoms with van der Waals surface area (Å²) < 4.78 is 8.55. The molecule has 0 radical (unpaired) electrons. The lowest BCUT2D eigenvalue weighted by molar-refractivity contribution is 0.0935. The van der Waals surface area contributed by atoms with Gasteiger partial charge in [-0.2, -0.15) is 4.98 Å². The monoisotopic (exact) mass is 512 g/mol. The Hall–Kier alpha value is -2.57. The fourth-order valence-electron chi connectivity index (χ4n) is 3.99. The Balaban J connectivity index is 1.62. The van der Waals surface area contributed by atoms with E-state index in [0.717, 1.165) is 0 Å². The number of aryl methyl sites for hydroxylation is 1. The van der Waals surface area contributed by atoms with Gasteiger partial charge in [0, 0.05) is 44.8 Å². The summed E-state index contributed by atoms with van der Waals surface area (Å²) in [5.74, 6) is 0.856. The van der Waals surface area contributed by atoms with Gasteiger partial charge in [0.2, 0.25) is 5.95 Å². The number of H-pyrrole nitrogens is 1. The van der Waals surface area contributed by atoms with Crippen molar-refractivity contribution in [1.29, 1.82) is 0 Å². The molecule has 1 saturated heterocycles. The molecule has 3 heterocycles. The fraction of sp³-hybridized carbons (Fsp3) is 0.476. The molecule has 184 valence electrons. The second-order valence-electron chi connectivity index (χ2n) is 8.10. The van der Waals surface area contributed by atoms with E-state index in [1.165, 1.54) is 11.6 Å². The highest BCUT2D eigenvalue weighted by Gasteiger charge is 2.26. The number of nitrogens with zero attached hydrogens (tertiary/aromatic N) is 5. The van der Waals surface area contributed by atoms with Crippen LogP contribution in [0.4, 0.5) is 5.95 Å². The van der Waals surface area contributed by atoms with Crippen LogP contribution >= 0.6 is 23.2 Å². The number of piperazine rings is 1. The van der Waals surface area contributed by atoms with Gasteiger partial charge < -0.3 is 24.4 Å². The largest absolute Gasteiger partial charge is 0.489 e. The molecule has 1 fully saturated rings. The predicted octanol–water partition coefficient (Wildman–Crippen LogP) is 0.284. The molecule has 4 rings (SSSR count). The standard InChI is InChI=1S/C21H26Cl2N6O5/c1-26-18-17(19(32)25-21(26)33)29(20(24-18)28-6-4-27(5-7-28)8-9-30)11-14(31)12-34-16-3-2-13(22)10-15(16)23/h2-3,10,14,30-31H,4-9,11-12H2,1H3,(H,25,32,33)/t14-/m1/s1. The van der Waals surface area contributed by atoms with Crippen molar-refractivity contribution in [2.45, 2.75) is 12.6 Å². The zero-order valence-corrected chi connectivity index (χ0v) is 20.1. The molecule has 0 unspecified atom stereocenters. The van der Waals surface area contributed by atoms with Gasteiger partial charge in [0.05, 0.1) is 18.2 Å². The summed E-state index contributed by atoms with van der Waals surface area (Å²) in [6.45, 7) is 3.23. The zero-order valence-electron chi connectivity index (χ0n) is 18.6. The number of halogens is 2. The Morgan fingerprint density at radius 3 is 2.62 bits per heavy atom. The van der Waals surface area contributed by atoms with Crippen molar-refractivity contribution < 1.29 is 14.9 Å². The van der Waals surface area contributed by atoms with Crippen LogP contribution in [0.1, 0.15) is 0 Å². The van der Waals surface area contributed by atoms with Gasteiger partial charge in [0.1, 0.15) is 18.5 Å². The van der Waals surface area contributed by atoms with E-state index in [4.69, 9.17) is 27.9 Å². The van der Waals surface area contributed by atoms with Crippen molar-refractivity contribution >= 4 is 40.3 Å². The van der Waals surface area contributed by atoms with Crippen LogP contribution < -0.4 is 20.9 Å². The number of aromatic nitrogens is 4. The number of aliphatic hydroxyl groups excluding tert-OH is 2. The molecule has 11 nitrogen and oxygen atoms in total. The first-order valence-electron chi connectivity index (χ1n) is 10.8.